The van der Waals surface area contributed by atoms with Crippen LogP contribution in [0.4, 0.5) is 5.82 Å². The first-order valence-corrected chi connectivity index (χ1v) is 5.01. The van der Waals surface area contributed by atoms with Gasteiger partial charge in [-0.2, -0.15) is 5.10 Å². The van der Waals surface area contributed by atoms with E-state index in [4.69, 9.17) is 10.5 Å². The Bertz CT molecular complexity index is 315. The van der Waals surface area contributed by atoms with E-state index in [1.807, 2.05) is 17.7 Å². The van der Waals surface area contributed by atoms with Crippen LogP contribution in [0.25, 0.3) is 0 Å². The van der Waals surface area contributed by atoms with Gasteiger partial charge in [0.25, 0.3) is 0 Å². The van der Waals surface area contributed by atoms with Crippen molar-refractivity contribution in [2.75, 3.05) is 12.8 Å². The third kappa shape index (κ3) is 1.75. The van der Waals surface area contributed by atoms with Crippen LogP contribution in [-0.4, -0.2) is 23.0 Å². The third-order valence-electron chi connectivity index (χ3n) is 2.96. The van der Waals surface area contributed by atoms with Crippen LogP contribution in [0.1, 0.15) is 18.5 Å². The summed E-state index contributed by atoms with van der Waals surface area (Å²) < 4.78 is 7.23. The lowest BCUT2D eigenvalue weighted by atomic mass is 9.82. The fourth-order valence-corrected chi connectivity index (χ4v) is 1.98. The van der Waals surface area contributed by atoms with E-state index in [9.17, 15) is 0 Å². The summed E-state index contributed by atoms with van der Waals surface area (Å²) in [6.45, 7) is 3.01. The van der Waals surface area contributed by atoms with Gasteiger partial charge in [0.05, 0.1) is 6.10 Å². The largest absolute Gasteiger partial charge is 0.382 e. The monoisotopic (exact) mass is 195 g/mol. The number of hydrogen-bond acceptors (Lipinski definition) is 3. The van der Waals surface area contributed by atoms with E-state index in [1.165, 1.54) is 0 Å². The van der Waals surface area contributed by atoms with Crippen LogP contribution < -0.4 is 5.73 Å². The second-order valence-electron chi connectivity index (χ2n) is 4.09. The summed E-state index contributed by atoms with van der Waals surface area (Å²) in [6, 6.07) is 1.91. The van der Waals surface area contributed by atoms with Crippen LogP contribution in [0.2, 0.25) is 0 Å². The van der Waals surface area contributed by atoms with Crippen molar-refractivity contribution in [1.29, 1.82) is 0 Å². The molecule has 1 aromatic rings. The Hall–Kier alpha value is -1.03. The van der Waals surface area contributed by atoms with Gasteiger partial charge in [0, 0.05) is 25.4 Å². The van der Waals surface area contributed by atoms with Gasteiger partial charge < -0.3 is 10.5 Å². The van der Waals surface area contributed by atoms with Gasteiger partial charge in [0.2, 0.25) is 0 Å². The summed E-state index contributed by atoms with van der Waals surface area (Å²) in [6.07, 6.45) is 2.76. The predicted octanol–water partition coefficient (Wildman–Crippen LogP) is 1.20. The normalized spacial score (nSPS) is 26.1. The van der Waals surface area contributed by atoms with E-state index in [-0.39, 0.29) is 0 Å². The summed E-state index contributed by atoms with van der Waals surface area (Å²) >= 11 is 0. The molecule has 78 valence electrons. The molecule has 1 saturated carbocycles. The molecular weight excluding hydrogens is 178 g/mol. The van der Waals surface area contributed by atoms with Crippen molar-refractivity contribution in [1.82, 2.24) is 9.78 Å². The molecule has 0 amide bonds. The summed E-state index contributed by atoms with van der Waals surface area (Å²) in [5.74, 6) is 1.32. The van der Waals surface area contributed by atoms with Gasteiger partial charge in [0.15, 0.2) is 0 Å². The third-order valence-corrected chi connectivity index (χ3v) is 2.96. The summed E-state index contributed by atoms with van der Waals surface area (Å²) in [4.78, 5) is 0. The van der Waals surface area contributed by atoms with Gasteiger partial charge in [-0.3, -0.25) is 4.68 Å². The van der Waals surface area contributed by atoms with Crippen LogP contribution in [0, 0.1) is 12.8 Å². The smallest absolute Gasteiger partial charge is 0.145 e. The number of nitrogens with two attached hydrogens (primary N) is 1. The molecule has 2 rings (SSSR count). The molecule has 0 spiro atoms. The molecule has 0 atom stereocenters. The molecule has 0 aromatic carbocycles. The van der Waals surface area contributed by atoms with Crippen molar-refractivity contribution in [2.24, 2.45) is 5.92 Å². The highest BCUT2D eigenvalue weighted by Gasteiger charge is 2.29. The highest BCUT2D eigenvalue weighted by Crippen LogP contribution is 2.31. The number of methoxy groups -OCH3 is 1. The van der Waals surface area contributed by atoms with E-state index in [2.05, 4.69) is 5.10 Å². The van der Waals surface area contributed by atoms with Crippen molar-refractivity contribution in [2.45, 2.75) is 32.4 Å². The Morgan fingerprint density at radius 2 is 2.36 bits per heavy atom. The fourth-order valence-electron chi connectivity index (χ4n) is 1.98. The number of hydrogen-bond donors (Lipinski definition) is 1. The standard InChI is InChI=1S/C10H17N3O/c1-7-3-10(11)12-13(7)6-8-4-9(5-8)14-2/h3,8-9H,4-6H2,1-2H3,(H2,11,12). The van der Waals surface area contributed by atoms with Gasteiger partial charge in [0.1, 0.15) is 5.82 Å². The van der Waals surface area contributed by atoms with Crippen molar-refractivity contribution in [3.63, 3.8) is 0 Å². The van der Waals surface area contributed by atoms with Crippen LogP contribution in [0.3, 0.4) is 0 Å². The zero-order valence-corrected chi connectivity index (χ0v) is 8.73. The predicted molar refractivity (Wildman–Crippen MR) is 54.9 cm³/mol. The van der Waals surface area contributed by atoms with Crippen LogP contribution in [-0.2, 0) is 11.3 Å². The Morgan fingerprint density at radius 1 is 1.64 bits per heavy atom. The van der Waals surface area contributed by atoms with E-state index >= 15 is 0 Å². The van der Waals surface area contributed by atoms with Gasteiger partial charge >= 0.3 is 0 Å². The molecule has 0 saturated heterocycles. The van der Waals surface area contributed by atoms with E-state index in [1.54, 1.807) is 7.11 Å². The Labute approximate surface area is 84.0 Å². The minimum atomic E-state index is 0.466. The van der Waals surface area contributed by atoms with Gasteiger partial charge in [-0.05, 0) is 25.7 Å². The second-order valence-corrected chi connectivity index (χ2v) is 4.09. The number of aromatic nitrogens is 2. The molecule has 1 aliphatic carbocycles. The maximum absolute atomic E-state index is 5.61. The Balaban J connectivity index is 1.90. The fraction of sp³-hybridized carbons (Fsp3) is 0.700. The van der Waals surface area contributed by atoms with E-state index < -0.39 is 0 Å². The summed E-state index contributed by atoms with van der Waals surface area (Å²) in [7, 11) is 1.78. The second kappa shape index (κ2) is 3.61. The molecule has 0 unspecified atom stereocenters. The molecule has 1 fully saturated rings. The van der Waals surface area contributed by atoms with E-state index in [0.717, 1.165) is 25.1 Å². The number of nitrogens with zero attached hydrogens (tertiary/aromatic N) is 2. The average Bonchev–Trinajstić information content (AvgIpc) is 2.37. The zero-order valence-electron chi connectivity index (χ0n) is 8.73. The lowest BCUT2D eigenvalue weighted by Crippen LogP contribution is -2.33. The van der Waals surface area contributed by atoms with Gasteiger partial charge in [-0.25, -0.2) is 0 Å². The first-order chi connectivity index (χ1) is 6.69. The highest BCUT2D eigenvalue weighted by atomic mass is 16.5. The number of ether oxygens (including phenoxy) is 1. The SMILES string of the molecule is COC1CC(Cn2nc(N)cc2C)C1. The van der Waals surface area contributed by atoms with Crippen molar-refractivity contribution < 1.29 is 4.74 Å². The zero-order chi connectivity index (χ0) is 10.1. The molecule has 0 bridgehead atoms. The Kier molecular flexibility index (Phi) is 2.46. The topological polar surface area (TPSA) is 53.1 Å². The first-order valence-electron chi connectivity index (χ1n) is 5.01. The molecular formula is C10H17N3O. The highest BCUT2D eigenvalue weighted by molar-refractivity contribution is 5.28. The number of nitrogen functional groups attached to an aromatic ring is 1. The Morgan fingerprint density at radius 3 is 2.86 bits per heavy atom. The van der Waals surface area contributed by atoms with Crippen LogP contribution in [0.15, 0.2) is 6.07 Å². The molecule has 0 radical (unpaired) electrons. The van der Waals surface area contributed by atoms with Crippen molar-refractivity contribution in [3.8, 4) is 0 Å². The van der Waals surface area contributed by atoms with Crippen LogP contribution in [0.5, 0.6) is 0 Å². The summed E-state index contributed by atoms with van der Waals surface area (Å²) in [5.41, 5.74) is 6.75. The number of aryl methyl sites for hydroxylation is 1. The van der Waals surface area contributed by atoms with Gasteiger partial charge in [-0.1, -0.05) is 0 Å². The maximum Gasteiger partial charge on any atom is 0.145 e. The lowest BCUT2D eigenvalue weighted by Gasteiger charge is -2.34. The molecule has 1 aliphatic rings. The minimum absolute atomic E-state index is 0.466. The van der Waals surface area contributed by atoms with Crippen molar-refractivity contribution in [3.05, 3.63) is 11.8 Å². The molecule has 2 N–H and O–H groups in total. The van der Waals surface area contributed by atoms with Crippen molar-refractivity contribution >= 4 is 5.82 Å². The quantitative estimate of drug-likeness (QED) is 0.788. The molecule has 0 aliphatic heterocycles. The average molecular weight is 195 g/mol. The molecule has 4 nitrogen and oxygen atoms in total. The molecule has 14 heavy (non-hydrogen) atoms. The number of anilines is 1. The minimum Gasteiger partial charge on any atom is -0.382 e. The van der Waals surface area contributed by atoms with E-state index in [0.29, 0.717) is 17.8 Å². The molecule has 4 heteroatoms. The maximum atomic E-state index is 5.61. The summed E-state index contributed by atoms with van der Waals surface area (Å²) in [5, 5.41) is 4.24. The molecule has 1 aromatic heterocycles. The van der Waals surface area contributed by atoms with Crippen LogP contribution >= 0.6 is 0 Å². The van der Waals surface area contributed by atoms with Gasteiger partial charge in [-0.15, -0.1) is 0 Å². The lowest BCUT2D eigenvalue weighted by molar-refractivity contribution is -0.00562. The number of rotatable bonds is 3. The first kappa shape index (κ1) is 9.52. The molecule has 1 heterocycles.